The fraction of sp³-hybridized carbons (Fsp3) is 0.765. The molecule has 5 nitrogen and oxygen atoms in total. The third-order valence-electron chi connectivity index (χ3n) is 4.58. The fourth-order valence-corrected chi connectivity index (χ4v) is 3.34. The van der Waals surface area contributed by atoms with Gasteiger partial charge in [0.15, 0.2) is 0 Å². The highest BCUT2D eigenvalue weighted by Gasteiger charge is 2.22. The van der Waals surface area contributed by atoms with Gasteiger partial charge in [0.25, 0.3) is 0 Å². The first-order valence-corrected chi connectivity index (χ1v) is 8.42. The van der Waals surface area contributed by atoms with E-state index in [1.165, 1.54) is 12.0 Å². The third kappa shape index (κ3) is 4.49. The zero-order valence-electron chi connectivity index (χ0n) is 14.3. The standard InChI is InChI=1S/C17H29N3O2/c1-12-7-9-20(11-13(2)10-12)17(21)18-8-5-6-16-14(3)19-22-15(16)4/h12-13H,5-11H2,1-4H3,(H,18,21)/t12-,13-/m0/s1. The molecule has 5 heteroatoms. The van der Waals surface area contributed by atoms with E-state index in [1.54, 1.807) is 0 Å². The van der Waals surface area contributed by atoms with E-state index in [2.05, 4.69) is 24.3 Å². The van der Waals surface area contributed by atoms with Gasteiger partial charge in [0.2, 0.25) is 0 Å². The number of aryl methyl sites for hydroxylation is 2. The molecule has 0 spiro atoms. The van der Waals surface area contributed by atoms with E-state index >= 15 is 0 Å². The van der Waals surface area contributed by atoms with E-state index in [1.807, 2.05) is 18.7 Å². The lowest BCUT2D eigenvalue weighted by Gasteiger charge is -2.23. The molecule has 1 aromatic rings. The van der Waals surface area contributed by atoms with Crippen LogP contribution in [0.5, 0.6) is 0 Å². The molecular formula is C17H29N3O2. The first-order chi connectivity index (χ1) is 10.5. The smallest absolute Gasteiger partial charge is 0.317 e. The summed E-state index contributed by atoms with van der Waals surface area (Å²) in [7, 11) is 0. The van der Waals surface area contributed by atoms with E-state index in [0.29, 0.717) is 18.4 Å². The molecule has 0 unspecified atom stereocenters. The van der Waals surface area contributed by atoms with E-state index in [4.69, 9.17) is 4.52 Å². The second-order valence-corrected chi connectivity index (χ2v) is 6.82. The minimum Gasteiger partial charge on any atom is -0.361 e. The minimum absolute atomic E-state index is 0.0831. The number of amides is 2. The van der Waals surface area contributed by atoms with Crippen molar-refractivity contribution in [1.29, 1.82) is 0 Å². The van der Waals surface area contributed by atoms with Gasteiger partial charge in [0, 0.05) is 25.2 Å². The van der Waals surface area contributed by atoms with Gasteiger partial charge in [0.1, 0.15) is 5.76 Å². The van der Waals surface area contributed by atoms with Gasteiger partial charge in [-0.3, -0.25) is 0 Å². The van der Waals surface area contributed by atoms with Crippen LogP contribution in [-0.4, -0.2) is 35.7 Å². The number of nitrogens with zero attached hydrogens (tertiary/aromatic N) is 2. The Hall–Kier alpha value is -1.52. The summed E-state index contributed by atoms with van der Waals surface area (Å²) in [5, 5.41) is 7.01. The minimum atomic E-state index is 0.0831. The molecule has 0 aromatic carbocycles. The van der Waals surface area contributed by atoms with Crippen LogP contribution in [0.25, 0.3) is 0 Å². The predicted octanol–water partition coefficient (Wildman–Crippen LogP) is 3.30. The van der Waals surface area contributed by atoms with Gasteiger partial charge in [-0.15, -0.1) is 0 Å². The lowest BCUT2D eigenvalue weighted by Crippen LogP contribution is -2.42. The average Bonchev–Trinajstić information content (AvgIpc) is 2.67. The van der Waals surface area contributed by atoms with Crippen LogP contribution in [0.1, 0.15) is 50.1 Å². The number of carbonyl (C=O) groups excluding carboxylic acids is 1. The quantitative estimate of drug-likeness (QED) is 0.868. The summed E-state index contributed by atoms with van der Waals surface area (Å²) < 4.78 is 5.16. The number of carbonyl (C=O) groups is 1. The number of aromatic nitrogens is 1. The van der Waals surface area contributed by atoms with Gasteiger partial charge >= 0.3 is 6.03 Å². The summed E-state index contributed by atoms with van der Waals surface area (Å²) in [6.07, 6.45) is 4.13. The summed E-state index contributed by atoms with van der Waals surface area (Å²) in [5.74, 6) is 2.19. The molecule has 0 bridgehead atoms. The lowest BCUT2D eigenvalue weighted by molar-refractivity contribution is 0.193. The first kappa shape index (κ1) is 16.8. The molecule has 1 N–H and O–H groups in total. The Labute approximate surface area is 133 Å². The molecule has 2 heterocycles. The van der Waals surface area contributed by atoms with Gasteiger partial charge in [-0.1, -0.05) is 19.0 Å². The zero-order chi connectivity index (χ0) is 16.1. The van der Waals surface area contributed by atoms with Gasteiger partial charge in [-0.2, -0.15) is 0 Å². The SMILES string of the molecule is Cc1noc(C)c1CCCNC(=O)N1CC[C@H](C)C[C@H](C)C1. The van der Waals surface area contributed by atoms with Crippen molar-refractivity contribution in [3.05, 3.63) is 17.0 Å². The van der Waals surface area contributed by atoms with Crippen LogP contribution in [0.2, 0.25) is 0 Å². The van der Waals surface area contributed by atoms with Crippen LogP contribution < -0.4 is 5.32 Å². The van der Waals surface area contributed by atoms with Crippen molar-refractivity contribution >= 4 is 6.03 Å². The number of likely N-dealkylation sites (tertiary alicyclic amines) is 1. The number of hydrogen-bond donors (Lipinski definition) is 1. The highest BCUT2D eigenvalue weighted by Crippen LogP contribution is 2.21. The molecule has 1 aromatic heterocycles. The maximum Gasteiger partial charge on any atom is 0.317 e. The second-order valence-electron chi connectivity index (χ2n) is 6.82. The zero-order valence-corrected chi connectivity index (χ0v) is 14.3. The molecule has 1 aliphatic rings. The summed E-state index contributed by atoms with van der Waals surface area (Å²) in [6.45, 7) is 10.9. The molecule has 0 saturated carbocycles. The molecule has 2 amide bonds. The Morgan fingerprint density at radius 3 is 2.82 bits per heavy atom. The Kier molecular flexibility index (Phi) is 5.86. The second kappa shape index (κ2) is 7.65. The Morgan fingerprint density at radius 1 is 1.36 bits per heavy atom. The van der Waals surface area contributed by atoms with Crippen LogP contribution in [0.3, 0.4) is 0 Å². The predicted molar refractivity (Wildman–Crippen MR) is 86.8 cm³/mol. The number of hydrogen-bond acceptors (Lipinski definition) is 3. The summed E-state index contributed by atoms with van der Waals surface area (Å²) in [6, 6.07) is 0.0831. The lowest BCUT2D eigenvalue weighted by atomic mass is 9.97. The fourth-order valence-electron chi connectivity index (χ4n) is 3.34. The van der Waals surface area contributed by atoms with Crippen LogP contribution in [-0.2, 0) is 6.42 Å². The molecule has 1 aliphatic heterocycles. The molecule has 0 radical (unpaired) electrons. The summed E-state index contributed by atoms with van der Waals surface area (Å²) in [5.41, 5.74) is 2.13. The molecule has 2 rings (SSSR count). The van der Waals surface area contributed by atoms with E-state index < -0.39 is 0 Å². The van der Waals surface area contributed by atoms with Crippen LogP contribution in [0.15, 0.2) is 4.52 Å². The van der Waals surface area contributed by atoms with Crippen LogP contribution in [0.4, 0.5) is 4.79 Å². The largest absolute Gasteiger partial charge is 0.361 e. The van der Waals surface area contributed by atoms with Crippen molar-refractivity contribution < 1.29 is 9.32 Å². The highest BCUT2D eigenvalue weighted by atomic mass is 16.5. The van der Waals surface area contributed by atoms with E-state index in [-0.39, 0.29) is 6.03 Å². The molecule has 1 saturated heterocycles. The van der Waals surface area contributed by atoms with Crippen molar-refractivity contribution in [1.82, 2.24) is 15.4 Å². The van der Waals surface area contributed by atoms with Gasteiger partial charge in [-0.05, 0) is 51.4 Å². The summed E-state index contributed by atoms with van der Waals surface area (Å²) >= 11 is 0. The van der Waals surface area contributed by atoms with Crippen LogP contribution >= 0.6 is 0 Å². The number of rotatable bonds is 4. The average molecular weight is 307 g/mol. The number of nitrogens with one attached hydrogen (secondary N) is 1. The monoisotopic (exact) mass is 307 g/mol. The molecule has 1 fully saturated rings. The first-order valence-electron chi connectivity index (χ1n) is 8.42. The van der Waals surface area contributed by atoms with Crippen molar-refractivity contribution in [3.63, 3.8) is 0 Å². The molecule has 0 aliphatic carbocycles. The molecule has 22 heavy (non-hydrogen) atoms. The van der Waals surface area contributed by atoms with Gasteiger partial charge in [0.05, 0.1) is 5.69 Å². The van der Waals surface area contributed by atoms with Gasteiger partial charge < -0.3 is 14.7 Å². The Bertz CT molecular complexity index is 479. The van der Waals surface area contributed by atoms with Crippen molar-refractivity contribution in [2.75, 3.05) is 19.6 Å². The van der Waals surface area contributed by atoms with E-state index in [9.17, 15) is 4.79 Å². The van der Waals surface area contributed by atoms with E-state index in [0.717, 1.165) is 43.8 Å². The highest BCUT2D eigenvalue weighted by molar-refractivity contribution is 5.74. The molecule has 124 valence electrons. The van der Waals surface area contributed by atoms with Crippen molar-refractivity contribution in [3.8, 4) is 0 Å². The Balaban J connectivity index is 1.73. The van der Waals surface area contributed by atoms with Gasteiger partial charge in [-0.25, -0.2) is 4.79 Å². The van der Waals surface area contributed by atoms with Crippen LogP contribution in [0, 0.1) is 25.7 Å². The third-order valence-corrected chi connectivity index (χ3v) is 4.58. The van der Waals surface area contributed by atoms with Crippen molar-refractivity contribution in [2.45, 2.75) is 53.4 Å². The normalized spacial score (nSPS) is 22.5. The maximum atomic E-state index is 12.3. The number of urea groups is 1. The summed E-state index contributed by atoms with van der Waals surface area (Å²) in [4.78, 5) is 14.3. The van der Waals surface area contributed by atoms with Crippen molar-refractivity contribution in [2.24, 2.45) is 11.8 Å². The molecular weight excluding hydrogens is 278 g/mol. The topological polar surface area (TPSA) is 58.4 Å². The molecule has 2 atom stereocenters. The maximum absolute atomic E-state index is 12.3. The Morgan fingerprint density at radius 2 is 2.14 bits per heavy atom.